The minimum Gasteiger partial charge on any atom is -0.350 e. The van der Waals surface area contributed by atoms with Crippen LogP contribution in [0.15, 0.2) is 22.7 Å². The van der Waals surface area contributed by atoms with Crippen molar-refractivity contribution in [1.82, 2.24) is 10.6 Å². The van der Waals surface area contributed by atoms with Crippen LogP contribution >= 0.6 is 15.9 Å². The minimum absolute atomic E-state index is 0.0138. The van der Waals surface area contributed by atoms with Gasteiger partial charge in [0.15, 0.2) is 0 Å². The normalized spacial score (nSPS) is 21.5. The molecule has 2 N–H and O–H groups in total. The Balaban J connectivity index is 1.98. The van der Waals surface area contributed by atoms with Crippen molar-refractivity contribution in [3.05, 3.63) is 33.8 Å². The van der Waals surface area contributed by atoms with E-state index >= 15 is 0 Å². The first-order valence-electron chi connectivity index (χ1n) is 7.18. The Bertz CT molecular complexity index is 499. The van der Waals surface area contributed by atoms with Gasteiger partial charge in [0.2, 0.25) is 0 Å². The molecule has 1 aromatic carbocycles. The molecule has 20 heavy (non-hydrogen) atoms. The van der Waals surface area contributed by atoms with Crippen LogP contribution in [0.1, 0.15) is 42.6 Å². The molecule has 110 valence electrons. The number of hydrogen-bond acceptors (Lipinski definition) is 2. The second-order valence-electron chi connectivity index (χ2n) is 6.29. The fraction of sp³-hybridized carbons (Fsp3) is 0.562. The van der Waals surface area contributed by atoms with Crippen molar-refractivity contribution in [3.8, 4) is 0 Å². The number of hydrogen-bond donors (Lipinski definition) is 2. The van der Waals surface area contributed by atoms with Gasteiger partial charge in [-0.3, -0.25) is 4.79 Å². The van der Waals surface area contributed by atoms with E-state index in [1.807, 2.05) is 25.1 Å². The van der Waals surface area contributed by atoms with Gasteiger partial charge in [0, 0.05) is 17.1 Å². The fourth-order valence-electron chi connectivity index (χ4n) is 2.71. The fourth-order valence-corrected chi connectivity index (χ4v) is 3.39. The maximum absolute atomic E-state index is 12.3. The molecule has 1 heterocycles. The Morgan fingerprint density at radius 2 is 2.25 bits per heavy atom. The molecule has 0 aromatic heterocycles. The number of piperidine rings is 1. The first-order valence-corrected chi connectivity index (χ1v) is 7.97. The molecule has 0 bridgehead atoms. The van der Waals surface area contributed by atoms with E-state index in [4.69, 9.17) is 0 Å². The van der Waals surface area contributed by atoms with E-state index in [2.05, 4.69) is 40.4 Å². The molecule has 0 spiro atoms. The summed E-state index contributed by atoms with van der Waals surface area (Å²) in [5, 5.41) is 6.57. The standard InChI is InChI=1S/C16H23BrN2O/c1-11-5-6-12(13(17)9-11)15(20)19-10-14-16(2,3)7-4-8-18-14/h5-6,9,14,18H,4,7-8,10H2,1-3H3,(H,19,20). The van der Waals surface area contributed by atoms with Crippen LogP contribution < -0.4 is 10.6 Å². The number of carbonyl (C=O) groups is 1. The van der Waals surface area contributed by atoms with Gasteiger partial charge >= 0.3 is 0 Å². The molecule has 1 atom stereocenters. The predicted molar refractivity (Wildman–Crippen MR) is 86.0 cm³/mol. The van der Waals surface area contributed by atoms with E-state index < -0.39 is 0 Å². The van der Waals surface area contributed by atoms with Crippen LogP contribution in [0, 0.1) is 12.3 Å². The van der Waals surface area contributed by atoms with Crippen LogP contribution in [-0.2, 0) is 0 Å². The summed E-state index contributed by atoms with van der Waals surface area (Å²) in [7, 11) is 0. The summed E-state index contributed by atoms with van der Waals surface area (Å²) < 4.78 is 0.853. The summed E-state index contributed by atoms with van der Waals surface area (Å²) in [6, 6.07) is 6.14. The van der Waals surface area contributed by atoms with Crippen molar-refractivity contribution >= 4 is 21.8 Å². The second-order valence-corrected chi connectivity index (χ2v) is 7.15. The first-order chi connectivity index (χ1) is 9.40. The lowest BCUT2D eigenvalue weighted by Crippen LogP contribution is -2.52. The van der Waals surface area contributed by atoms with Crippen molar-refractivity contribution in [2.24, 2.45) is 5.41 Å². The number of carbonyl (C=O) groups excluding carboxylic acids is 1. The molecule has 0 aliphatic carbocycles. The topological polar surface area (TPSA) is 41.1 Å². The van der Waals surface area contributed by atoms with Gasteiger partial charge in [0.25, 0.3) is 5.91 Å². The molecule has 2 rings (SSSR count). The third-order valence-corrected chi connectivity index (χ3v) is 4.82. The smallest absolute Gasteiger partial charge is 0.252 e. The molecule has 1 unspecified atom stereocenters. The largest absolute Gasteiger partial charge is 0.350 e. The van der Waals surface area contributed by atoms with Gasteiger partial charge in [-0.1, -0.05) is 19.9 Å². The van der Waals surface area contributed by atoms with E-state index in [9.17, 15) is 4.79 Å². The summed E-state index contributed by atoms with van der Waals surface area (Å²) in [6.45, 7) is 8.25. The number of amides is 1. The van der Waals surface area contributed by atoms with Gasteiger partial charge in [-0.25, -0.2) is 0 Å². The highest BCUT2D eigenvalue weighted by Gasteiger charge is 2.32. The number of halogens is 1. The summed E-state index contributed by atoms with van der Waals surface area (Å²) in [5.74, 6) is -0.0138. The zero-order valence-electron chi connectivity index (χ0n) is 12.4. The van der Waals surface area contributed by atoms with E-state index in [0.717, 1.165) is 16.6 Å². The lowest BCUT2D eigenvalue weighted by Gasteiger charge is -2.39. The van der Waals surface area contributed by atoms with Gasteiger partial charge in [-0.15, -0.1) is 0 Å². The highest BCUT2D eigenvalue weighted by Crippen LogP contribution is 2.29. The number of rotatable bonds is 3. The lowest BCUT2D eigenvalue weighted by atomic mass is 9.77. The SMILES string of the molecule is Cc1ccc(C(=O)NCC2NCCCC2(C)C)c(Br)c1. The molecule has 1 fully saturated rings. The van der Waals surface area contributed by atoms with Crippen molar-refractivity contribution in [2.45, 2.75) is 39.7 Å². The van der Waals surface area contributed by atoms with Gasteiger partial charge in [-0.2, -0.15) is 0 Å². The summed E-state index contributed by atoms with van der Waals surface area (Å²) in [6.07, 6.45) is 2.41. The Morgan fingerprint density at radius 3 is 2.90 bits per heavy atom. The number of benzene rings is 1. The van der Waals surface area contributed by atoms with E-state index in [1.54, 1.807) is 0 Å². The molecule has 1 amide bonds. The summed E-state index contributed by atoms with van der Waals surface area (Å²) >= 11 is 3.46. The molecule has 3 nitrogen and oxygen atoms in total. The average molecular weight is 339 g/mol. The average Bonchev–Trinajstić information content (AvgIpc) is 2.36. The molecular weight excluding hydrogens is 316 g/mol. The van der Waals surface area contributed by atoms with Crippen molar-refractivity contribution in [2.75, 3.05) is 13.1 Å². The third-order valence-electron chi connectivity index (χ3n) is 4.17. The molecule has 1 aliphatic rings. The Hall–Kier alpha value is -0.870. The van der Waals surface area contributed by atoms with Gasteiger partial charge < -0.3 is 10.6 Å². The first kappa shape index (κ1) is 15.5. The Morgan fingerprint density at radius 1 is 1.50 bits per heavy atom. The van der Waals surface area contributed by atoms with Crippen LogP contribution in [0.25, 0.3) is 0 Å². The molecule has 1 aliphatic heterocycles. The second kappa shape index (κ2) is 6.27. The van der Waals surface area contributed by atoms with Crippen molar-refractivity contribution < 1.29 is 4.79 Å². The molecule has 1 aromatic rings. The molecular formula is C16H23BrN2O. The predicted octanol–water partition coefficient (Wildman–Crippen LogP) is 3.27. The molecule has 4 heteroatoms. The van der Waals surface area contributed by atoms with E-state index in [-0.39, 0.29) is 11.3 Å². The summed E-state index contributed by atoms with van der Waals surface area (Å²) in [5.41, 5.74) is 2.07. The van der Waals surface area contributed by atoms with Crippen LogP contribution in [0.2, 0.25) is 0 Å². The molecule has 0 saturated carbocycles. The quantitative estimate of drug-likeness (QED) is 0.887. The van der Waals surface area contributed by atoms with E-state index in [1.165, 1.54) is 12.8 Å². The third kappa shape index (κ3) is 3.61. The van der Waals surface area contributed by atoms with Crippen LogP contribution in [0.3, 0.4) is 0 Å². The van der Waals surface area contributed by atoms with Crippen LogP contribution in [0.5, 0.6) is 0 Å². The zero-order valence-corrected chi connectivity index (χ0v) is 14.0. The maximum Gasteiger partial charge on any atom is 0.252 e. The van der Waals surface area contributed by atoms with Crippen LogP contribution in [0.4, 0.5) is 0 Å². The highest BCUT2D eigenvalue weighted by molar-refractivity contribution is 9.10. The molecule has 1 saturated heterocycles. The van der Waals surface area contributed by atoms with Gasteiger partial charge in [-0.05, 0) is 65.4 Å². The maximum atomic E-state index is 12.3. The van der Waals surface area contributed by atoms with Crippen molar-refractivity contribution in [3.63, 3.8) is 0 Å². The molecule has 0 radical (unpaired) electrons. The van der Waals surface area contributed by atoms with Gasteiger partial charge in [0.1, 0.15) is 0 Å². The monoisotopic (exact) mass is 338 g/mol. The van der Waals surface area contributed by atoms with Crippen LogP contribution in [-0.4, -0.2) is 25.0 Å². The van der Waals surface area contributed by atoms with Gasteiger partial charge in [0.05, 0.1) is 5.56 Å². The summed E-state index contributed by atoms with van der Waals surface area (Å²) in [4.78, 5) is 12.3. The highest BCUT2D eigenvalue weighted by atomic mass is 79.9. The Kier molecular flexibility index (Phi) is 4.86. The van der Waals surface area contributed by atoms with Crippen molar-refractivity contribution in [1.29, 1.82) is 0 Å². The zero-order chi connectivity index (χ0) is 14.8. The van der Waals surface area contributed by atoms with E-state index in [0.29, 0.717) is 18.2 Å². The Labute approximate surface area is 129 Å². The number of nitrogens with one attached hydrogen (secondary N) is 2. The number of aryl methyl sites for hydroxylation is 1. The lowest BCUT2D eigenvalue weighted by molar-refractivity contribution is 0.0928. The minimum atomic E-state index is -0.0138.